The van der Waals surface area contributed by atoms with Crippen LogP contribution in [0.1, 0.15) is 33.6 Å². The zero-order valence-electron chi connectivity index (χ0n) is 15.8. The lowest BCUT2D eigenvalue weighted by atomic mass is 10.0. The lowest BCUT2D eigenvalue weighted by Crippen LogP contribution is -2.42. The Bertz CT molecular complexity index is 402. The second-order valence-electron chi connectivity index (χ2n) is 6.91. The molecule has 1 rings (SSSR count). The molecular formula is C17H33F3N4O. The molecular weight excluding hydrogens is 333 g/mol. The fraction of sp³-hybridized carbons (Fsp3) is 0.941. The number of ether oxygens (including phenoxy) is 1. The molecule has 5 nitrogen and oxygen atoms in total. The van der Waals surface area contributed by atoms with Crippen LogP contribution < -0.4 is 10.6 Å². The van der Waals surface area contributed by atoms with Crippen molar-refractivity contribution >= 4 is 5.96 Å². The van der Waals surface area contributed by atoms with Gasteiger partial charge in [0.25, 0.3) is 0 Å². The monoisotopic (exact) mass is 366 g/mol. The fourth-order valence-electron chi connectivity index (χ4n) is 3.09. The van der Waals surface area contributed by atoms with Crippen LogP contribution in [-0.4, -0.2) is 69.5 Å². The number of halogens is 3. The number of rotatable bonds is 9. The quantitative estimate of drug-likeness (QED) is 0.486. The molecule has 2 N–H and O–H groups in total. The second-order valence-corrected chi connectivity index (χ2v) is 6.91. The molecule has 0 saturated carbocycles. The van der Waals surface area contributed by atoms with Crippen molar-refractivity contribution in [1.82, 2.24) is 15.5 Å². The van der Waals surface area contributed by atoms with Crippen LogP contribution in [0.2, 0.25) is 0 Å². The summed E-state index contributed by atoms with van der Waals surface area (Å²) in [7, 11) is 1.70. The third-order valence-corrected chi connectivity index (χ3v) is 4.40. The minimum Gasteiger partial charge on any atom is -0.378 e. The molecule has 0 amide bonds. The molecule has 1 heterocycles. The molecule has 1 fully saturated rings. The van der Waals surface area contributed by atoms with Crippen LogP contribution in [0.5, 0.6) is 0 Å². The van der Waals surface area contributed by atoms with Gasteiger partial charge < -0.3 is 15.4 Å². The molecule has 1 aliphatic heterocycles. The minimum absolute atomic E-state index is 0.210. The summed E-state index contributed by atoms with van der Waals surface area (Å²) in [6.07, 6.45) is -2.25. The summed E-state index contributed by atoms with van der Waals surface area (Å²) in [5.74, 6) is 1.36. The Morgan fingerprint density at radius 2 is 2.04 bits per heavy atom. The van der Waals surface area contributed by atoms with Crippen molar-refractivity contribution in [3.05, 3.63) is 0 Å². The average Bonchev–Trinajstić information content (AvgIpc) is 2.94. The van der Waals surface area contributed by atoms with E-state index in [1.807, 2.05) is 6.92 Å². The molecule has 0 aliphatic carbocycles. The van der Waals surface area contributed by atoms with Crippen molar-refractivity contribution in [3.63, 3.8) is 0 Å². The predicted octanol–water partition coefficient (Wildman–Crippen LogP) is 2.49. The number of nitrogens with one attached hydrogen (secondary N) is 2. The maximum absolute atomic E-state index is 12.4. The number of nitrogens with zero attached hydrogens (tertiary/aromatic N) is 2. The molecule has 1 aliphatic rings. The molecule has 148 valence electrons. The minimum atomic E-state index is -4.12. The first-order valence-corrected chi connectivity index (χ1v) is 9.10. The normalized spacial score (nSPS) is 21.0. The van der Waals surface area contributed by atoms with Crippen molar-refractivity contribution in [2.24, 2.45) is 16.8 Å². The van der Waals surface area contributed by atoms with Gasteiger partial charge >= 0.3 is 6.18 Å². The van der Waals surface area contributed by atoms with Gasteiger partial charge in [0, 0.05) is 33.3 Å². The van der Waals surface area contributed by atoms with E-state index in [0.29, 0.717) is 38.1 Å². The van der Waals surface area contributed by atoms with Gasteiger partial charge in [-0.05, 0) is 38.1 Å². The van der Waals surface area contributed by atoms with Gasteiger partial charge in [0.15, 0.2) is 5.96 Å². The molecule has 0 aromatic rings. The molecule has 2 unspecified atom stereocenters. The SMILES string of the molecule is CCOC(CCNC(=NC)NCC1CCN(CC(F)(F)F)C1)C(C)C. The Labute approximate surface area is 149 Å². The van der Waals surface area contributed by atoms with Crippen molar-refractivity contribution < 1.29 is 17.9 Å². The van der Waals surface area contributed by atoms with Crippen molar-refractivity contribution in [3.8, 4) is 0 Å². The smallest absolute Gasteiger partial charge is 0.378 e. The topological polar surface area (TPSA) is 48.9 Å². The summed E-state index contributed by atoms with van der Waals surface area (Å²) in [4.78, 5) is 5.65. The number of alkyl halides is 3. The maximum Gasteiger partial charge on any atom is 0.401 e. The first-order valence-electron chi connectivity index (χ1n) is 9.10. The average molecular weight is 366 g/mol. The second kappa shape index (κ2) is 10.9. The summed E-state index contributed by atoms with van der Waals surface area (Å²) < 4.78 is 43.0. The van der Waals surface area contributed by atoms with Gasteiger partial charge in [0.1, 0.15) is 0 Å². The van der Waals surface area contributed by atoms with E-state index in [1.165, 1.54) is 4.90 Å². The largest absolute Gasteiger partial charge is 0.401 e. The van der Waals surface area contributed by atoms with E-state index < -0.39 is 12.7 Å². The molecule has 2 atom stereocenters. The van der Waals surface area contributed by atoms with E-state index in [1.54, 1.807) is 7.05 Å². The Morgan fingerprint density at radius 1 is 1.32 bits per heavy atom. The van der Waals surface area contributed by atoms with Gasteiger partial charge in [-0.25, -0.2) is 0 Å². The zero-order valence-corrected chi connectivity index (χ0v) is 15.8. The van der Waals surface area contributed by atoms with E-state index >= 15 is 0 Å². The van der Waals surface area contributed by atoms with Gasteiger partial charge in [-0.1, -0.05) is 13.8 Å². The lowest BCUT2D eigenvalue weighted by molar-refractivity contribution is -0.143. The van der Waals surface area contributed by atoms with Gasteiger partial charge in [-0.15, -0.1) is 0 Å². The first kappa shape index (κ1) is 22.0. The van der Waals surface area contributed by atoms with Crippen LogP contribution >= 0.6 is 0 Å². The Hall–Kier alpha value is -1.02. The van der Waals surface area contributed by atoms with Gasteiger partial charge in [-0.2, -0.15) is 13.2 Å². The van der Waals surface area contributed by atoms with Gasteiger partial charge in [0.2, 0.25) is 0 Å². The van der Waals surface area contributed by atoms with Crippen LogP contribution in [-0.2, 0) is 4.74 Å². The third kappa shape index (κ3) is 9.30. The van der Waals surface area contributed by atoms with Crippen molar-refractivity contribution in [2.75, 3.05) is 46.4 Å². The number of guanidine groups is 1. The predicted molar refractivity (Wildman–Crippen MR) is 94.8 cm³/mol. The van der Waals surface area contributed by atoms with Crippen LogP contribution in [0.15, 0.2) is 4.99 Å². The number of hydrogen-bond donors (Lipinski definition) is 2. The molecule has 0 radical (unpaired) electrons. The standard InChI is InChI=1S/C17H33F3N4O/c1-5-25-15(13(2)3)6-8-22-16(21-4)23-10-14-7-9-24(11-14)12-17(18,19)20/h13-15H,5-12H2,1-4H3,(H2,21,22,23). The van der Waals surface area contributed by atoms with Crippen LogP contribution in [0.25, 0.3) is 0 Å². The fourth-order valence-corrected chi connectivity index (χ4v) is 3.09. The van der Waals surface area contributed by atoms with E-state index in [0.717, 1.165) is 19.4 Å². The molecule has 0 bridgehead atoms. The highest BCUT2D eigenvalue weighted by atomic mass is 19.4. The van der Waals surface area contributed by atoms with E-state index in [2.05, 4.69) is 29.5 Å². The number of hydrogen-bond acceptors (Lipinski definition) is 3. The summed E-state index contributed by atoms with van der Waals surface area (Å²) >= 11 is 0. The molecule has 1 saturated heterocycles. The van der Waals surface area contributed by atoms with Crippen molar-refractivity contribution in [2.45, 2.75) is 45.9 Å². The Kier molecular flexibility index (Phi) is 9.56. The zero-order chi connectivity index (χ0) is 18.9. The molecule has 8 heteroatoms. The molecule has 25 heavy (non-hydrogen) atoms. The highest BCUT2D eigenvalue weighted by molar-refractivity contribution is 5.79. The summed E-state index contributed by atoms with van der Waals surface area (Å²) in [5.41, 5.74) is 0. The highest BCUT2D eigenvalue weighted by Crippen LogP contribution is 2.22. The summed E-state index contributed by atoms with van der Waals surface area (Å²) in [6.45, 7) is 8.51. The molecule has 0 aromatic heterocycles. The first-order chi connectivity index (χ1) is 11.7. The highest BCUT2D eigenvalue weighted by Gasteiger charge is 2.34. The number of likely N-dealkylation sites (tertiary alicyclic amines) is 1. The van der Waals surface area contributed by atoms with E-state index in [9.17, 15) is 13.2 Å². The third-order valence-electron chi connectivity index (χ3n) is 4.40. The number of aliphatic imine (C=N–C) groups is 1. The summed E-state index contributed by atoms with van der Waals surface area (Å²) in [6, 6.07) is 0. The Balaban J connectivity index is 2.26. The van der Waals surface area contributed by atoms with Crippen LogP contribution in [0, 0.1) is 11.8 Å². The molecule has 0 spiro atoms. The molecule has 0 aromatic carbocycles. The van der Waals surface area contributed by atoms with Gasteiger partial charge in [-0.3, -0.25) is 9.89 Å². The summed E-state index contributed by atoms with van der Waals surface area (Å²) in [5, 5.41) is 6.47. The van der Waals surface area contributed by atoms with E-state index in [4.69, 9.17) is 4.74 Å². The van der Waals surface area contributed by atoms with Crippen LogP contribution in [0.3, 0.4) is 0 Å². The maximum atomic E-state index is 12.4. The van der Waals surface area contributed by atoms with Crippen molar-refractivity contribution in [1.29, 1.82) is 0 Å². The lowest BCUT2D eigenvalue weighted by Gasteiger charge is -2.22. The van der Waals surface area contributed by atoms with E-state index in [-0.39, 0.29) is 12.0 Å². The van der Waals surface area contributed by atoms with Gasteiger partial charge in [0.05, 0.1) is 12.6 Å². The Morgan fingerprint density at radius 3 is 2.60 bits per heavy atom. The van der Waals surface area contributed by atoms with Crippen LogP contribution in [0.4, 0.5) is 13.2 Å².